The van der Waals surface area contributed by atoms with Crippen LogP contribution in [0.2, 0.25) is 0 Å². The van der Waals surface area contributed by atoms with Crippen LogP contribution in [0, 0.1) is 0 Å². The maximum atomic E-state index is 12.2. The van der Waals surface area contributed by atoms with Crippen molar-refractivity contribution < 1.29 is 14.3 Å². The number of hydrogen-bond acceptors (Lipinski definition) is 5. The van der Waals surface area contributed by atoms with Gasteiger partial charge in [0, 0.05) is 12.1 Å². The van der Waals surface area contributed by atoms with Gasteiger partial charge in [0.15, 0.2) is 5.82 Å². The van der Waals surface area contributed by atoms with E-state index in [4.69, 9.17) is 4.74 Å². The van der Waals surface area contributed by atoms with Crippen LogP contribution >= 0.6 is 0 Å². The van der Waals surface area contributed by atoms with Crippen LogP contribution in [0.5, 0.6) is 5.75 Å². The summed E-state index contributed by atoms with van der Waals surface area (Å²) in [5.41, 5.74) is 0.648. The average molecular weight is 329 g/mol. The quantitative estimate of drug-likeness (QED) is 0.841. The first-order valence-electron chi connectivity index (χ1n) is 7.89. The minimum Gasteiger partial charge on any atom is -0.494 e. The van der Waals surface area contributed by atoms with Gasteiger partial charge in [-0.3, -0.25) is 14.9 Å². The second kappa shape index (κ2) is 6.69. The molecule has 126 valence electrons. The molecule has 8 nitrogen and oxygen atoms in total. The van der Waals surface area contributed by atoms with Crippen LogP contribution in [-0.2, 0) is 16.0 Å². The van der Waals surface area contributed by atoms with Crippen molar-refractivity contribution in [1.29, 1.82) is 0 Å². The maximum absolute atomic E-state index is 12.2. The molecule has 2 amide bonds. The van der Waals surface area contributed by atoms with Crippen LogP contribution in [0.3, 0.4) is 0 Å². The molecule has 24 heavy (non-hydrogen) atoms. The van der Waals surface area contributed by atoms with Gasteiger partial charge in [-0.15, -0.1) is 0 Å². The summed E-state index contributed by atoms with van der Waals surface area (Å²) < 4.78 is 6.84. The van der Waals surface area contributed by atoms with Crippen LogP contribution in [-0.4, -0.2) is 33.2 Å². The van der Waals surface area contributed by atoms with Gasteiger partial charge in [0.2, 0.25) is 11.9 Å². The number of ether oxygens (including phenoxy) is 1. The Hall–Kier alpha value is -2.90. The van der Waals surface area contributed by atoms with Gasteiger partial charge in [-0.1, -0.05) is 6.92 Å². The summed E-state index contributed by atoms with van der Waals surface area (Å²) in [6, 6.07) is 6.41. The number of rotatable bonds is 6. The van der Waals surface area contributed by atoms with Crippen LogP contribution < -0.4 is 15.4 Å². The van der Waals surface area contributed by atoms with Crippen LogP contribution in [0.25, 0.3) is 0 Å². The highest BCUT2D eigenvalue weighted by atomic mass is 16.5. The zero-order chi connectivity index (χ0) is 17.1. The lowest BCUT2D eigenvalue weighted by molar-refractivity contribution is -0.123. The minimum absolute atomic E-state index is 0.00143. The van der Waals surface area contributed by atoms with E-state index in [0.717, 1.165) is 5.75 Å². The molecule has 1 aliphatic heterocycles. The van der Waals surface area contributed by atoms with Crippen molar-refractivity contribution in [1.82, 2.24) is 14.8 Å². The number of carbonyl (C=O) groups is 2. The number of hydrogen-bond donors (Lipinski definition) is 2. The molecule has 1 atom stereocenters. The molecule has 3 rings (SSSR count). The minimum atomic E-state index is -0.671. The number of fused-ring (bicyclic) bond motifs is 1. The van der Waals surface area contributed by atoms with Crippen molar-refractivity contribution in [3.8, 4) is 5.75 Å². The van der Waals surface area contributed by atoms with Crippen LogP contribution in [0.4, 0.5) is 11.6 Å². The zero-order valence-electron chi connectivity index (χ0n) is 13.6. The Balaban J connectivity index is 1.64. The lowest BCUT2D eigenvalue weighted by Gasteiger charge is -2.10. The van der Waals surface area contributed by atoms with Crippen molar-refractivity contribution in [2.45, 2.75) is 32.7 Å². The molecular weight excluding hydrogens is 310 g/mol. The third-order valence-corrected chi connectivity index (χ3v) is 3.65. The average Bonchev–Trinajstić information content (AvgIpc) is 3.08. The highest BCUT2D eigenvalue weighted by molar-refractivity contribution is 6.00. The van der Waals surface area contributed by atoms with Gasteiger partial charge in [-0.05, 0) is 31.2 Å². The van der Waals surface area contributed by atoms with Crippen molar-refractivity contribution in [3.63, 3.8) is 0 Å². The molecule has 1 aromatic heterocycles. The highest BCUT2D eigenvalue weighted by Crippen LogP contribution is 2.25. The number of amides is 2. The van der Waals surface area contributed by atoms with E-state index < -0.39 is 6.04 Å². The molecule has 1 aliphatic rings. The Labute approximate surface area is 139 Å². The van der Waals surface area contributed by atoms with Crippen molar-refractivity contribution >= 4 is 23.5 Å². The zero-order valence-corrected chi connectivity index (χ0v) is 13.6. The molecule has 0 fully saturated rings. The van der Waals surface area contributed by atoms with E-state index in [9.17, 15) is 9.59 Å². The van der Waals surface area contributed by atoms with Gasteiger partial charge >= 0.3 is 0 Å². The summed E-state index contributed by atoms with van der Waals surface area (Å²) in [7, 11) is 0. The van der Waals surface area contributed by atoms with E-state index in [1.54, 1.807) is 24.3 Å². The van der Waals surface area contributed by atoms with Gasteiger partial charge in [-0.25, -0.2) is 4.68 Å². The third kappa shape index (κ3) is 3.22. The van der Waals surface area contributed by atoms with E-state index >= 15 is 0 Å². The molecule has 2 heterocycles. The fourth-order valence-corrected chi connectivity index (χ4v) is 2.49. The number of benzene rings is 1. The highest BCUT2D eigenvalue weighted by Gasteiger charge is 2.34. The van der Waals surface area contributed by atoms with Crippen molar-refractivity contribution in [3.05, 3.63) is 30.1 Å². The summed E-state index contributed by atoms with van der Waals surface area (Å²) in [4.78, 5) is 28.4. The monoisotopic (exact) mass is 329 g/mol. The fraction of sp³-hybridized carbons (Fsp3) is 0.375. The smallest absolute Gasteiger partial charge is 0.252 e. The van der Waals surface area contributed by atoms with Gasteiger partial charge in [0.1, 0.15) is 11.8 Å². The Morgan fingerprint density at radius 3 is 2.75 bits per heavy atom. The van der Waals surface area contributed by atoms with Crippen molar-refractivity contribution in [2.75, 3.05) is 17.2 Å². The third-order valence-electron chi connectivity index (χ3n) is 3.65. The molecule has 0 spiro atoms. The van der Waals surface area contributed by atoms with Crippen LogP contribution in [0.15, 0.2) is 24.3 Å². The maximum Gasteiger partial charge on any atom is 0.252 e. The van der Waals surface area contributed by atoms with Gasteiger partial charge in [-0.2, -0.15) is 10.1 Å². The number of aromatic nitrogens is 3. The largest absolute Gasteiger partial charge is 0.494 e. The number of carbonyl (C=O) groups excluding carboxylic acids is 2. The number of anilines is 2. The predicted octanol–water partition coefficient (Wildman–Crippen LogP) is 1.76. The molecule has 0 saturated heterocycles. The lowest BCUT2D eigenvalue weighted by Crippen LogP contribution is -2.24. The normalized spacial score (nSPS) is 15.8. The second-order valence-electron chi connectivity index (χ2n) is 5.36. The van der Waals surface area contributed by atoms with E-state index in [-0.39, 0.29) is 18.2 Å². The van der Waals surface area contributed by atoms with Gasteiger partial charge in [0.25, 0.3) is 5.91 Å². The predicted molar refractivity (Wildman–Crippen MR) is 87.9 cm³/mol. The first kappa shape index (κ1) is 16.0. The Bertz CT molecular complexity index is 754. The van der Waals surface area contributed by atoms with Crippen LogP contribution in [0.1, 0.15) is 32.1 Å². The summed E-state index contributed by atoms with van der Waals surface area (Å²) >= 11 is 0. The molecule has 0 radical (unpaired) electrons. The second-order valence-corrected chi connectivity index (χ2v) is 5.36. The Morgan fingerprint density at radius 2 is 2.08 bits per heavy atom. The molecular formula is C16H19N5O3. The fourth-order valence-electron chi connectivity index (χ4n) is 2.49. The molecule has 0 bridgehead atoms. The SMILES string of the molecule is CCOc1ccc(NC(=O)C[C@H]2C(=O)Nc3nc(CC)nn32)cc1. The molecule has 8 heteroatoms. The summed E-state index contributed by atoms with van der Waals surface area (Å²) in [5.74, 6) is 1.25. The molecule has 2 aromatic rings. The number of nitrogens with zero attached hydrogens (tertiary/aromatic N) is 3. The summed E-state index contributed by atoms with van der Waals surface area (Å²) in [5, 5.41) is 9.68. The molecule has 0 unspecified atom stereocenters. The van der Waals surface area contributed by atoms with Crippen molar-refractivity contribution in [2.24, 2.45) is 0 Å². The van der Waals surface area contributed by atoms with E-state index in [1.807, 2.05) is 13.8 Å². The Kier molecular flexibility index (Phi) is 4.45. The molecule has 1 aromatic carbocycles. The first-order chi connectivity index (χ1) is 11.6. The first-order valence-corrected chi connectivity index (χ1v) is 7.89. The number of aryl methyl sites for hydroxylation is 1. The number of nitrogens with one attached hydrogen (secondary N) is 2. The van der Waals surface area contributed by atoms with Gasteiger partial charge in [0.05, 0.1) is 13.0 Å². The molecule has 0 aliphatic carbocycles. The summed E-state index contributed by atoms with van der Waals surface area (Å²) in [6.07, 6.45) is 0.666. The van der Waals surface area contributed by atoms with E-state index in [0.29, 0.717) is 30.5 Å². The standard InChI is InChI=1S/C16H19N5O3/c1-3-13-18-16-19-15(23)12(21(16)20-13)9-14(22)17-10-5-7-11(8-6-10)24-4-2/h5-8,12H,3-4,9H2,1-2H3,(H,17,22)(H,18,19,20,23)/t12-/m0/s1. The topological polar surface area (TPSA) is 98.1 Å². The lowest BCUT2D eigenvalue weighted by atomic mass is 10.2. The van der Waals surface area contributed by atoms with E-state index in [2.05, 4.69) is 20.7 Å². The molecule has 2 N–H and O–H groups in total. The van der Waals surface area contributed by atoms with E-state index in [1.165, 1.54) is 4.68 Å². The summed E-state index contributed by atoms with van der Waals surface area (Å²) in [6.45, 7) is 4.42. The van der Waals surface area contributed by atoms with Gasteiger partial charge < -0.3 is 10.1 Å². The molecule has 0 saturated carbocycles. The Morgan fingerprint density at radius 1 is 1.33 bits per heavy atom.